The molecule has 1 atom stereocenters. The Hall–Kier alpha value is -4.64. The summed E-state index contributed by atoms with van der Waals surface area (Å²) in [6, 6.07) is 2.56. The molecule has 3 N–H and O–H groups in total. The number of rotatable bonds is 7. The third-order valence-electron chi connectivity index (χ3n) is 7.18. The van der Waals surface area contributed by atoms with Crippen LogP contribution in [0.15, 0.2) is 31.0 Å². The number of nitriles is 1. The number of hydrogen-bond donors (Lipinski definition) is 3. The predicted molar refractivity (Wildman–Crippen MR) is 148 cm³/mol. The number of aliphatic hydroxyl groups is 1. The highest BCUT2D eigenvalue weighted by molar-refractivity contribution is 5.82. The highest BCUT2D eigenvalue weighted by Gasteiger charge is 2.26. The number of ether oxygens (including phenoxy) is 2. The molecule has 0 bridgehead atoms. The van der Waals surface area contributed by atoms with Crippen molar-refractivity contribution in [2.24, 2.45) is 0 Å². The zero-order valence-corrected chi connectivity index (χ0v) is 22.7. The van der Waals surface area contributed by atoms with Crippen molar-refractivity contribution in [3.05, 3.63) is 36.5 Å². The third-order valence-corrected chi connectivity index (χ3v) is 7.18. The van der Waals surface area contributed by atoms with Crippen molar-refractivity contribution in [1.82, 2.24) is 29.9 Å². The van der Waals surface area contributed by atoms with Gasteiger partial charge in [-0.15, -0.1) is 0 Å². The van der Waals surface area contributed by atoms with Crippen LogP contribution >= 0.6 is 0 Å². The first-order valence-corrected chi connectivity index (χ1v) is 13.6. The van der Waals surface area contributed by atoms with Crippen LogP contribution in [0.25, 0.3) is 11.1 Å². The van der Waals surface area contributed by atoms with E-state index in [9.17, 15) is 15.2 Å². The molecule has 0 radical (unpaired) electrons. The lowest BCUT2D eigenvalue weighted by molar-refractivity contribution is 0.0839. The summed E-state index contributed by atoms with van der Waals surface area (Å²) in [5.41, 5.74) is 1.83. The Morgan fingerprint density at radius 2 is 1.63 bits per heavy atom. The number of anilines is 3. The minimum absolute atomic E-state index is 0.113. The molecule has 214 valence electrons. The molecule has 1 saturated heterocycles. The quantitative estimate of drug-likeness (QED) is 0.383. The van der Waals surface area contributed by atoms with Gasteiger partial charge in [0.2, 0.25) is 11.9 Å². The Kier molecular flexibility index (Phi) is 8.95. The number of aromatic nitrogens is 6. The Balaban J connectivity index is 1.09. The second-order valence-electron chi connectivity index (χ2n) is 10.0. The van der Waals surface area contributed by atoms with Crippen LogP contribution < -0.4 is 20.3 Å². The van der Waals surface area contributed by atoms with Gasteiger partial charge in [0.25, 0.3) is 0 Å². The molecule has 3 aromatic rings. The predicted octanol–water partition coefficient (Wildman–Crippen LogP) is 2.93. The molecule has 4 heterocycles. The van der Waals surface area contributed by atoms with Crippen molar-refractivity contribution in [2.45, 2.75) is 63.2 Å². The lowest BCUT2D eigenvalue weighted by Crippen LogP contribution is -2.33. The Labute approximate surface area is 237 Å². The van der Waals surface area contributed by atoms with E-state index in [0.717, 1.165) is 37.8 Å². The second kappa shape index (κ2) is 13.1. The van der Waals surface area contributed by atoms with Crippen LogP contribution in [0.4, 0.5) is 22.5 Å². The van der Waals surface area contributed by atoms with Crippen molar-refractivity contribution in [3.63, 3.8) is 0 Å². The van der Waals surface area contributed by atoms with Gasteiger partial charge in [0.05, 0.1) is 19.4 Å². The topological polar surface area (TPSA) is 184 Å². The average molecular weight is 561 g/mol. The molecule has 1 amide bonds. The fourth-order valence-electron chi connectivity index (χ4n) is 4.94. The van der Waals surface area contributed by atoms with Crippen molar-refractivity contribution in [1.29, 1.82) is 5.26 Å². The molecule has 2 fully saturated rings. The minimum Gasteiger partial charge on any atom is -0.467 e. The average Bonchev–Trinajstić information content (AvgIpc) is 3.22. The molecular formula is C27H32N10O4. The molecule has 41 heavy (non-hydrogen) atoms. The molecule has 14 heteroatoms. The summed E-state index contributed by atoms with van der Waals surface area (Å²) in [5, 5.41) is 25.5. The van der Waals surface area contributed by atoms with Gasteiger partial charge in [0.1, 0.15) is 17.7 Å². The summed E-state index contributed by atoms with van der Waals surface area (Å²) >= 11 is 0. The maximum atomic E-state index is 12.4. The van der Waals surface area contributed by atoms with E-state index in [4.69, 9.17) is 9.47 Å². The summed E-state index contributed by atoms with van der Waals surface area (Å²) < 4.78 is 10.6. The molecule has 3 aromatic heterocycles. The highest BCUT2D eigenvalue weighted by atomic mass is 16.6. The number of carbonyl (C=O) groups is 1. The Morgan fingerprint density at radius 1 is 0.951 bits per heavy atom. The molecule has 0 spiro atoms. The number of carbonyl (C=O) groups excluding carboxylic acids is 1. The SMILES string of the molecule is COc1ncc(-c2cnc(NC(=O)O[C@H]3CC[C@H](Nc4ncc(C#N)c(N5CCCC(O)CC5)n4)CC3)nc2)cn1. The van der Waals surface area contributed by atoms with Crippen LogP contribution in [0.5, 0.6) is 6.01 Å². The van der Waals surface area contributed by atoms with E-state index in [0.29, 0.717) is 48.7 Å². The maximum Gasteiger partial charge on any atom is 0.414 e. The summed E-state index contributed by atoms with van der Waals surface area (Å²) in [5.74, 6) is 1.20. The van der Waals surface area contributed by atoms with Crippen LogP contribution in [0.3, 0.4) is 0 Å². The van der Waals surface area contributed by atoms with Crippen LogP contribution in [0, 0.1) is 11.3 Å². The van der Waals surface area contributed by atoms with E-state index < -0.39 is 6.09 Å². The normalized spacial score (nSPS) is 20.8. The van der Waals surface area contributed by atoms with Gasteiger partial charge in [0, 0.05) is 55.0 Å². The Morgan fingerprint density at radius 3 is 2.32 bits per heavy atom. The molecule has 1 saturated carbocycles. The standard InChI is InChI=1S/C27H32N10O4/c1-40-26-32-15-19(16-33-26)18-13-29-24(30-14-18)36-27(39)41-22-6-4-20(5-7-22)34-25-31-12-17(11-28)23(35-25)37-9-2-3-21(38)8-10-37/h12-16,20-22,38H,2-10H2,1H3,(H,31,34,35)(H,29,30,36,39)/t20-,21?,22-. The van der Waals surface area contributed by atoms with Crippen LogP contribution in [0.1, 0.15) is 50.5 Å². The van der Waals surface area contributed by atoms with E-state index in [1.54, 1.807) is 31.0 Å². The molecule has 1 unspecified atom stereocenters. The number of hydrogen-bond acceptors (Lipinski definition) is 13. The van der Waals surface area contributed by atoms with Gasteiger partial charge in [0.15, 0.2) is 5.82 Å². The van der Waals surface area contributed by atoms with Gasteiger partial charge < -0.3 is 24.8 Å². The molecule has 14 nitrogen and oxygen atoms in total. The van der Waals surface area contributed by atoms with E-state index in [-0.39, 0.29) is 30.2 Å². The summed E-state index contributed by atoms with van der Waals surface area (Å²) in [6.45, 7) is 1.38. The van der Waals surface area contributed by atoms with Gasteiger partial charge in [-0.05, 0) is 44.9 Å². The van der Waals surface area contributed by atoms with Crippen LogP contribution in [0.2, 0.25) is 0 Å². The maximum absolute atomic E-state index is 12.4. The van der Waals surface area contributed by atoms with Gasteiger partial charge >= 0.3 is 12.1 Å². The van der Waals surface area contributed by atoms with E-state index in [1.165, 1.54) is 7.11 Å². The molecule has 1 aliphatic heterocycles. The number of methoxy groups -OCH3 is 1. The first-order chi connectivity index (χ1) is 20.0. The van der Waals surface area contributed by atoms with Crippen molar-refractivity contribution in [3.8, 4) is 23.2 Å². The molecule has 2 aliphatic rings. The number of amides is 1. The fourth-order valence-corrected chi connectivity index (χ4v) is 4.94. The van der Waals surface area contributed by atoms with E-state index >= 15 is 0 Å². The van der Waals surface area contributed by atoms with Gasteiger partial charge in [-0.3, -0.25) is 5.32 Å². The van der Waals surface area contributed by atoms with Crippen molar-refractivity contribution in [2.75, 3.05) is 35.7 Å². The zero-order valence-electron chi connectivity index (χ0n) is 22.7. The molecule has 5 rings (SSSR count). The monoisotopic (exact) mass is 560 g/mol. The largest absolute Gasteiger partial charge is 0.467 e. The summed E-state index contributed by atoms with van der Waals surface area (Å²) in [4.78, 5) is 40.0. The summed E-state index contributed by atoms with van der Waals surface area (Å²) in [6.07, 6.45) is 11.8. The number of aliphatic hydroxyl groups excluding tert-OH is 1. The zero-order chi connectivity index (χ0) is 28.6. The van der Waals surface area contributed by atoms with Gasteiger partial charge in [-0.25, -0.2) is 29.7 Å². The Bertz CT molecular complexity index is 1360. The van der Waals surface area contributed by atoms with Gasteiger partial charge in [-0.1, -0.05) is 0 Å². The smallest absolute Gasteiger partial charge is 0.414 e. The third kappa shape index (κ3) is 7.31. The first-order valence-electron chi connectivity index (χ1n) is 13.6. The van der Waals surface area contributed by atoms with Crippen molar-refractivity contribution < 1.29 is 19.4 Å². The first kappa shape index (κ1) is 27.9. The second-order valence-corrected chi connectivity index (χ2v) is 10.0. The lowest BCUT2D eigenvalue weighted by atomic mass is 9.93. The van der Waals surface area contributed by atoms with Crippen LogP contribution in [-0.2, 0) is 4.74 Å². The fraction of sp³-hybridized carbons (Fsp3) is 0.481. The molecular weight excluding hydrogens is 528 g/mol. The molecule has 1 aliphatic carbocycles. The molecule has 0 aromatic carbocycles. The highest BCUT2D eigenvalue weighted by Crippen LogP contribution is 2.26. The number of nitrogens with one attached hydrogen (secondary N) is 2. The van der Waals surface area contributed by atoms with E-state index in [2.05, 4.69) is 51.5 Å². The van der Waals surface area contributed by atoms with Crippen molar-refractivity contribution >= 4 is 23.8 Å². The lowest BCUT2D eigenvalue weighted by Gasteiger charge is -2.29. The van der Waals surface area contributed by atoms with Crippen LogP contribution in [-0.4, -0.2) is 79.6 Å². The number of nitrogens with zero attached hydrogens (tertiary/aromatic N) is 8. The van der Waals surface area contributed by atoms with Gasteiger partial charge in [-0.2, -0.15) is 10.2 Å². The minimum atomic E-state index is -0.607. The summed E-state index contributed by atoms with van der Waals surface area (Å²) in [7, 11) is 1.49. The van der Waals surface area contributed by atoms with E-state index in [1.807, 2.05) is 0 Å².